The maximum atomic E-state index is 13.2. The lowest BCUT2D eigenvalue weighted by atomic mass is 9.77. The minimum absolute atomic E-state index is 0. The van der Waals surface area contributed by atoms with E-state index in [0.29, 0.717) is 18.9 Å². The molecule has 0 radical (unpaired) electrons. The monoisotopic (exact) mass is 566 g/mol. The van der Waals surface area contributed by atoms with Crippen LogP contribution in [0.15, 0.2) is 35.4 Å². The number of nitrogens with zero attached hydrogens (tertiary/aromatic N) is 2. The van der Waals surface area contributed by atoms with Gasteiger partial charge in [0.2, 0.25) is 17.5 Å². The lowest BCUT2D eigenvalue weighted by molar-refractivity contribution is -0.345. The van der Waals surface area contributed by atoms with E-state index in [1.54, 1.807) is 42.7 Å². The smallest absolute Gasteiger partial charge is 0.248 e. The largest absolute Gasteiger partial charge is 0.493 e. The highest BCUT2D eigenvalue weighted by atomic mass is 35.5. The normalized spacial score (nSPS) is 21.1. The van der Waals surface area contributed by atoms with E-state index in [1.165, 1.54) is 11.1 Å². The van der Waals surface area contributed by atoms with Gasteiger partial charge in [0.1, 0.15) is 0 Å². The van der Waals surface area contributed by atoms with E-state index in [2.05, 4.69) is 24.1 Å². The Morgan fingerprint density at radius 1 is 0.923 bits per heavy atom. The molecule has 0 saturated carbocycles. The van der Waals surface area contributed by atoms with Gasteiger partial charge >= 0.3 is 0 Å². The van der Waals surface area contributed by atoms with Crippen LogP contribution in [-0.2, 0) is 30.2 Å². The molecule has 10 heteroatoms. The van der Waals surface area contributed by atoms with Gasteiger partial charge in [-0.25, -0.2) is 0 Å². The number of likely N-dealkylation sites (N-methyl/N-ethyl adjacent to an activating group) is 1. The molecule has 39 heavy (non-hydrogen) atoms. The molecule has 0 spiro atoms. The zero-order chi connectivity index (χ0) is 27.5. The Balaban J connectivity index is 0.00000420. The maximum Gasteiger partial charge on any atom is 0.248 e. The summed E-state index contributed by atoms with van der Waals surface area (Å²) in [6, 6.07) is 4.20. The number of benzene rings is 1. The van der Waals surface area contributed by atoms with Crippen molar-refractivity contribution in [1.29, 1.82) is 0 Å². The molecule has 1 atom stereocenters. The fraction of sp³-hybridized carbons (Fsp3) is 0.621. The van der Waals surface area contributed by atoms with Crippen molar-refractivity contribution in [2.24, 2.45) is 0 Å². The molecule has 9 nitrogen and oxygen atoms in total. The Morgan fingerprint density at radius 3 is 2.10 bits per heavy atom. The van der Waals surface area contributed by atoms with E-state index in [1.807, 2.05) is 17.1 Å². The number of carbonyl (C=O) groups is 1. The number of likely N-dealkylation sites (tertiary alicyclic amines) is 1. The number of rotatable bonds is 12. The first kappa shape index (κ1) is 31.4. The second-order valence-corrected chi connectivity index (χ2v) is 10.2. The van der Waals surface area contributed by atoms with E-state index in [0.717, 1.165) is 61.5 Å². The second-order valence-electron chi connectivity index (χ2n) is 10.2. The predicted molar refractivity (Wildman–Crippen MR) is 151 cm³/mol. The highest BCUT2D eigenvalue weighted by Crippen LogP contribution is 2.44. The number of methoxy groups -OCH3 is 6. The summed E-state index contributed by atoms with van der Waals surface area (Å²) in [5, 5.41) is 0. The molecule has 0 bridgehead atoms. The summed E-state index contributed by atoms with van der Waals surface area (Å²) in [4.78, 5) is 17.5. The lowest BCUT2D eigenvalue weighted by Crippen LogP contribution is -2.58. The Hall–Kier alpha value is -2.14. The molecule has 0 unspecified atom stereocenters. The van der Waals surface area contributed by atoms with Crippen LogP contribution in [0.1, 0.15) is 36.3 Å². The average molecular weight is 567 g/mol. The van der Waals surface area contributed by atoms with Gasteiger partial charge < -0.3 is 38.2 Å². The third-order valence-corrected chi connectivity index (χ3v) is 8.24. The van der Waals surface area contributed by atoms with Gasteiger partial charge in [-0.3, -0.25) is 4.79 Å². The lowest BCUT2D eigenvalue weighted by Gasteiger charge is -2.45. The van der Waals surface area contributed by atoms with Gasteiger partial charge in [0.25, 0.3) is 0 Å². The van der Waals surface area contributed by atoms with Crippen molar-refractivity contribution in [2.45, 2.75) is 43.2 Å². The molecular formula is C29H43ClN2O7. The van der Waals surface area contributed by atoms with Crippen LogP contribution >= 0.6 is 12.4 Å². The van der Waals surface area contributed by atoms with Gasteiger partial charge in [0, 0.05) is 54.0 Å². The van der Waals surface area contributed by atoms with E-state index in [-0.39, 0.29) is 18.3 Å². The summed E-state index contributed by atoms with van der Waals surface area (Å²) >= 11 is 0. The number of hydrogen-bond donors (Lipinski definition) is 0. The number of halogens is 1. The highest BCUT2D eigenvalue weighted by molar-refractivity contribution is 5.85. The van der Waals surface area contributed by atoms with Crippen LogP contribution in [0.5, 0.6) is 11.5 Å². The van der Waals surface area contributed by atoms with E-state index >= 15 is 0 Å². The van der Waals surface area contributed by atoms with E-state index < -0.39 is 11.6 Å². The van der Waals surface area contributed by atoms with Crippen LogP contribution in [0.25, 0.3) is 0 Å². The van der Waals surface area contributed by atoms with Gasteiger partial charge in [-0.2, -0.15) is 0 Å². The summed E-state index contributed by atoms with van der Waals surface area (Å²) in [6.07, 6.45) is 6.71. The number of carbonyl (C=O) groups excluding carboxylic acids is 1. The fourth-order valence-corrected chi connectivity index (χ4v) is 6.01. The van der Waals surface area contributed by atoms with Crippen LogP contribution in [-0.4, -0.2) is 103 Å². The molecule has 3 aliphatic rings. The van der Waals surface area contributed by atoms with Crippen molar-refractivity contribution in [3.63, 3.8) is 0 Å². The van der Waals surface area contributed by atoms with Crippen LogP contribution in [0.3, 0.4) is 0 Å². The van der Waals surface area contributed by atoms with Crippen LogP contribution in [0.2, 0.25) is 0 Å². The first-order chi connectivity index (χ1) is 18.3. The molecule has 1 saturated heterocycles. The number of hydrogen-bond acceptors (Lipinski definition) is 8. The molecule has 1 fully saturated rings. The Labute approximate surface area is 238 Å². The van der Waals surface area contributed by atoms with Crippen LogP contribution in [0, 0.1) is 0 Å². The topological polar surface area (TPSA) is 78.9 Å². The SMILES string of the molecule is COc1cc2c(cc1OC)[C@@H](CN(C)CCCN1CCC3=CC(OC)(OC)C(OC)(OC)C=C3CC1=O)C2.Cl. The standard InChI is InChI=1S/C29H42N2O7.ClH/c1-30(19-23-13-21-14-25(33-2)26(34-3)16-24(21)23)10-8-11-31-12-9-20-17-28(35-4,36-5)29(37-6,38-7)18-22(20)15-27(31)32;/h14,16-18,23H,8-13,15,19H2,1-7H3;1H/t23-;/m1./s1. The minimum Gasteiger partial charge on any atom is -0.493 e. The molecule has 1 aromatic carbocycles. The highest BCUT2D eigenvalue weighted by Gasteiger charge is 2.55. The molecule has 218 valence electrons. The summed E-state index contributed by atoms with van der Waals surface area (Å²) in [7, 11) is 11.7. The van der Waals surface area contributed by atoms with Crippen molar-refractivity contribution < 1.29 is 33.2 Å². The van der Waals surface area contributed by atoms with Crippen LogP contribution < -0.4 is 9.47 Å². The van der Waals surface area contributed by atoms with E-state index in [4.69, 9.17) is 28.4 Å². The zero-order valence-electron chi connectivity index (χ0n) is 24.2. The number of ether oxygens (including phenoxy) is 6. The van der Waals surface area contributed by atoms with Gasteiger partial charge in [0.15, 0.2) is 11.5 Å². The molecule has 1 aliphatic heterocycles. The first-order valence-electron chi connectivity index (χ1n) is 13.1. The number of fused-ring (bicyclic) bond motifs is 2. The molecule has 2 aliphatic carbocycles. The van der Waals surface area contributed by atoms with Gasteiger partial charge in [-0.05, 0) is 79.4 Å². The molecule has 1 amide bonds. The molecule has 1 aromatic rings. The van der Waals surface area contributed by atoms with Gasteiger partial charge in [0.05, 0.1) is 20.6 Å². The third kappa shape index (κ3) is 5.85. The molecular weight excluding hydrogens is 524 g/mol. The molecule has 0 aromatic heterocycles. The molecule has 1 heterocycles. The Bertz CT molecular complexity index is 1080. The number of amides is 1. The molecule has 0 N–H and O–H groups in total. The van der Waals surface area contributed by atoms with Crippen molar-refractivity contribution in [2.75, 3.05) is 75.9 Å². The van der Waals surface area contributed by atoms with Crippen molar-refractivity contribution in [1.82, 2.24) is 9.80 Å². The van der Waals surface area contributed by atoms with Crippen LogP contribution in [0.4, 0.5) is 0 Å². The predicted octanol–water partition coefficient (Wildman–Crippen LogP) is 3.55. The summed E-state index contributed by atoms with van der Waals surface area (Å²) in [5.41, 5.74) is 4.60. The zero-order valence-corrected chi connectivity index (χ0v) is 25.0. The Kier molecular flexibility index (Phi) is 10.5. The summed E-state index contributed by atoms with van der Waals surface area (Å²) < 4.78 is 33.8. The fourth-order valence-electron chi connectivity index (χ4n) is 6.01. The molecule has 4 rings (SSSR count). The third-order valence-electron chi connectivity index (χ3n) is 8.24. The van der Waals surface area contributed by atoms with E-state index in [9.17, 15) is 4.79 Å². The Morgan fingerprint density at radius 2 is 1.51 bits per heavy atom. The minimum atomic E-state index is -1.28. The van der Waals surface area contributed by atoms with Crippen molar-refractivity contribution in [3.8, 4) is 11.5 Å². The van der Waals surface area contributed by atoms with Crippen molar-refractivity contribution >= 4 is 18.3 Å². The average Bonchev–Trinajstić information content (AvgIpc) is 3.07. The van der Waals surface area contributed by atoms with Gasteiger partial charge in [-0.15, -0.1) is 12.4 Å². The second kappa shape index (κ2) is 13.0. The summed E-state index contributed by atoms with van der Waals surface area (Å²) in [6.45, 7) is 3.26. The first-order valence-corrected chi connectivity index (χ1v) is 13.1. The quantitative estimate of drug-likeness (QED) is 0.356. The maximum absolute atomic E-state index is 13.2. The van der Waals surface area contributed by atoms with Gasteiger partial charge in [-0.1, -0.05) is 0 Å². The van der Waals surface area contributed by atoms with Crippen molar-refractivity contribution in [3.05, 3.63) is 46.6 Å². The summed E-state index contributed by atoms with van der Waals surface area (Å²) in [5.74, 6) is -0.337.